The van der Waals surface area contributed by atoms with Gasteiger partial charge in [0.1, 0.15) is 0 Å². The third-order valence-corrected chi connectivity index (χ3v) is 7.90. The zero-order valence-corrected chi connectivity index (χ0v) is 20.3. The minimum atomic E-state index is 0.00422. The van der Waals surface area contributed by atoms with Gasteiger partial charge in [-0.25, -0.2) is 0 Å². The maximum absolute atomic E-state index is 13.3. The first-order chi connectivity index (χ1) is 14.8. The van der Waals surface area contributed by atoms with Gasteiger partial charge in [-0.1, -0.05) is 41.4 Å². The molecule has 0 spiro atoms. The largest absolute Gasteiger partial charge is 0.368 e. The van der Waals surface area contributed by atoms with Crippen molar-refractivity contribution in [3.05, 3.63) is 63.0 Å². The summed E-state index contributed by atoms with van der Waals surface area (Å²) in [5, 5.41) is 0.948. The third-order valence-electron chi connectivity index (χ3n) is 6.17. The number of rotatable bonds is 3. The highest BCUT2D eigenvalue weighted by Crippen LogP contribution is 2.35. The lowest BCUT2D eigenvalue weighted by Crippen LogP contribution is -2.55. The molecule has 2 atom stereocenters. The van der Waals surface area contributed by atoms with Gasteiger partial charge in [0, 0.05) is 48.8 Å². The van der Waals surface area contributed by atoms with Crippen LogP contribution in [-0.2, 0) is 4.79 Å². The topological polar surface area (TPSA) is 26.8 Å². The zero-order chi connectivity index (χ0) is 22.1. The lowest BCUT2D eigenvalue weighted by atomic mass is 10.1. The van der Waals surface area contributed by atoms with E-state index in [1.807, 2.05) is 18.2 Å². The van der Waals surface area contributed by atoms with Crippen molar-refractivity contribution in [1.29, 1.82) is 0 Å². The van der Waals surface area contributed by atoms with Gasteiger partial charge in [0.15, 0.2) is 0 Å². The first-order valence-electron chi connectivity index (χ1n) is 10.5. The van der Waals surface area contributed by atoms with E-state index in [1.165, 1.54) is 5.69 Å². The number of benzene rings is 2. The Labute approximate surface area is 198 Å². The Balaban J connectivity index is 1.63. The van der Waals surface area contributed by atoms with Crippen molar-refractivity contribution in [3.63, 3.8) is 0 Å². The molecule has 2 saturated heterocycles. The zero-order valence-electron chi connectivity index (χ0n) is 18.0. The number of hydrogen-bond donors (Lipinski definition) is 0. The molecule has 0 saturated carbocycles. The summed E-state index contributed by atoms with van der Waals surface area (Å²) in [4.78, 5) is 20.7. The first-order valence-corrected chi connectivity index (χ1v) is 12.3. The number of para-hydroxylation sites is 1. The summed E-state index contributed by atoms with van der Waals surface area (Å²) in [6.07, 6.45) is 2.04. The second-order valence-electron chi connectivity index (χ2n) is 8.24. The molecule has 2 fully saturated rings. The molecule has 0 bridgehead atoms. The lowest BCUT2D eigenvalue weighted by Gasteiger charge is -2.44. The molecule has 0 N–H and O–H groups in total. The highest BCUT2D eigenvalue weighted by molar-refractivity contribution is 8.04. The first kappa shape index (κ1) is 22.5. The van der Waals surface area contributed by atoms with Gasteiger partial charge >= 0.3 is 0 Å². The molecule has 2 heterocycles. The van der Waals surface area contributed by atoms with Gasteiger partial charge in [-0.15, -0.1) is 11.8 Å². The third kappa shape index (κ3) is 4.75. The van der Waals surface area contributed by atoms with Crippen LogP contribution in [-0.4, -0.2) is 55.3 Å². The SMILES string of the molecule is CC1CN(c2ccccc2/C=C2/SCCN(c3ccc(Cl)c(Cl)c3)C2=O)CC(C)N1C. The maximum atomic E-state index is 13.3. The number of carbonyl (C=O) groups is 1. The molecule has 0 radical (unpaired) electrons. The van der Waals surface area contributed by atoms with Crippen molar-refractivity contribution in [2.24, 2.45) is 0 Å². The highest BCUT2D eigenvalue weighted by Gasteiger charge is 2.29. The molecule has 0 aliphatic carbocycles. The van der Waals surface area contributed by atoms with Gasteiger partial charge in [-0.05, 0) is 56.8 Å². The van der Waals surface area contributed by atoms with Crippen LogP contribution >= 0.6 is 35.0 Å². The minimum absolute atomic E-state index is 0.00422. The summed E-state index contributed by atoms with van der Waals surface area (Å²) in [7, 11) is 2.19. The maximum Gasteiger partial charge on any atom is 0.264 e. The van der Waals surface area contributed by atoms with Crippen LogP contribution in [0.3, 0.4) is 0 Å². The fourth-order valence-electron chi connectivity index (χ4n) is 4.19. The molecule has 1 amide bonds. The summed E-state index contributed by atoms with van der Waals surface area (Å²) in [5.41, 5.74) is 3.04. The molecular weight excluding hydrogens is 449 g/mol. The van der Waals surface area contributed by atoms with Crippen LogP contribution in [0.5, 0.6) is 0 Å². The van der Waals surface area contributed by atoms with E-state index in [-0.39, 0.29) is 5.91 Å². The predicted molar refractivity (Wildman–Crippen MR) is 135 cm³/mol. The summed E-state index contributed by atoms with van der Waals surface area (Å²) in [6, 6.07) is 14.7. The number of halogens is 2. The Hall–Kier alpha value is -1.66. The monoisotopic (exact) mass is 475 g/mol. The number of amides is 1. The van der Waals surface area contributed by atoms with Crippen LogP contribution in [0.4, 0.5) is 11.4 Å². The van der Waals surface area contributed by atoms with Gasteiger partial charge in [0.25, 0.3) is 5.91 Å². The van der Waals surface area contributed by atoms with Crippen LogP contribution in [0.25, 0.3) is 6.08 Å². The number of piperazine rings is 1. The quantitative estimate of drug-likeness (QED) is 0.536. The Bertz CT molecular complexity index is 1000. The molecule has 2 aromatic carbocycles. The molecule has 164 valence electrons. The molecule has 2 aromatic rings. The number of likely N-dealkylation sites (N-methyl/N-ethyl adjacent to an activating group) is 1. The summed E-state index contributed by atoms with van der Waals surface area (Å²) < 4.78 is 0. The van der Waals surface area contributed by atoms with Crippen LogP contribution in [0, 0.1) is 0 Å². The summed E-state index contributed by atoms with van der Waals surface area (Å²) in [5.74, 6) is 0.840. The summed E-state index contributed by atoms with van der Waals surface area (Å²) in [6.45, 7) is 7.11. The number of thioether (sulfide) groups is 1. The van der Waals surface area contributed by atoms with Crippen molar-refractivity contribution >= 4 is 58.3 Å². The fraction of sp³-hybridized carbons (Fsp3) is 0.375. The average molecular weight is 476 g/mol. The van der Waals surface area contributed by atoms with E-state index in [1.54, 1.807) is 28.8 Å². The van der Waals surface area contributed by atoms with E-state index in [0.717, 1.165) is 35.0 Å². The second kappa shape index (κ2) is 9.45. The van der Waals surface area contributed by atoms with Crippen LogP contribution < -0.4 is 9.80 Å². The van der Waals surface area contributed by atoms with E-state index in [9.17, 15) is 4.79 Å². The van der Waals surface area contributed by atoms with Crippen LogP contribution in [0.2, 0.25) is 10.0 Å². The predicted octanol–water partition coefficient (Wildman–Crippen LogP) is 5.64. The minimum Gasteiger partial charge on any atom is -0.368 e. The van der Waals surface area contributed by atoms with Crippen molar-refractivity contribution in [2.75, 3.05) is 42.2 Å². The van der Waals surface area contributed by atoms with Crippen LogP contribution in [0.1, 0.15) is 19.4 Å². The second-order valence-corrected chi connectivity index (χ2v) is 10.2. The Morgan fingerprint density at radius 1 is 1.03 bits per heavy atom. The molecular formula is C24H27Cl2N3OS. The number of carbonyl (C=O) groups excluding carboxylic acids is 1. The molecule has 31 heavy (non-hydrogen) atoms. The van der Waals surface area contributed by atoms with Gasteiger partial charge in [0.2, 0.25) is 0 Å². The number of hydrogen-bond acceptors (Lipinski definition) is 4. The van der Waals surface area contributed by atoms with E-state index >= 15 is 0 Å². The summed E-state index contributed by atoms with van der Waals surface area (Å²) >= 11 is 13.9. The van der Waals surface area contributed by atoms with Crippen LogP contribution in [0.15, 0.2) is 47.4 Å². The molecule has 4 nitrogen and oxygen atoms in total. The fourth-order valence-corrected chi connectivity index (χ4v) is 5.42. The van der Waals surface area contributed by atoms with E-state index in [2.05, 4.69) is 48.9 Å². The normalized spacial score (nSPS) is 24.2. The molecule has 4 rings (SSSR count). The van der Waals surface area contributed by atoms with Crippen molar-refractivity contribution < 1.29 is 4.79 Å². The number of anilines is 2. The van der Waals surface area contributed by atoms with Crippen molar-refractivity contribution in [2.45, 2.75) is 25.9 Å². The van der Waals surface area contributed by atoms with Gasteiger partial charge in [0.05, 0.1) is 15.0 Å². The smallest absolute Gasteiger partial charge is 0.264 e. The molecule has 0 aromatic heterocycles. The Morgan fingerprint density at radius 3 is 2.45 bits per heavy atom. The van der Waals surface area contributed by atoms with Crippen molar-refractivity contribution in [3.8, 4) is 0 Å². The molecule has 2 aliphatic heterocycles. The van der Waals surface area contributed by atoms with E-state index in [4.69, 9.17) is 23.2 Å². The van der Waals surface area contributed by atoms with Gasteiger partial charge in [-0.2, -0.15) is 0 Å². The van der Waals surface area contributed by atoms with Gasteiger partial charge < -0.3 is 9.80 Å². The van der Waals surface area contributed by atoms with E-state index in [0.29, 0.717) is 28.7 Å². The average Bonchev–Trinajstić information content (AvgIpc) is 2.75. The van der Waals surface area contributed by atoms with Crippen molar-refractivity contribution in [1.82, 2.24) is 4.90 Å². The Kier molecular flexibility index (Phi) is 6.87. The number of nitrogens with zero attached hydrogens (tertiary/aromatic N) is 3. The Morgan fingerprint density at radius 2 is 1.74 bits per heavy atom. The van der Waals surface area contributed by atoms with E-state index < -0.39 is 0 Å². The molecule has 2 unspecified atom stereocenters. The lowest BCUT2D eigenvalue weighted by molar-refractivity contribution is -0.114. The molecule has 2 aliphatic rings. The molecule has 7 heteroatoms. The standard InChI is InChI=1S/C24H27Cl2N3OS/c1-16-14-28(15-17(2)27(16)3)22-7-5-4-6-18(22)12-23-24(30)29(10-11-31-23)19-8-9-20(25)21(26)13-19/h4-9,12-13,16-17H,10-11,14-15H2,1-3H3/b23-12+. The van der Waals surface area contributed by atoms with Gasteiger partial charge in [-0.3, -0.25) is 9.69 Å². The highest BCUT2D eigenvalue weighted by atomic mass is 35.5.